The highest BCUT2D eigenvalue weighted by molar-refractivity contribution is 6.31. The zero-order valence-electron chi connectivity index (χ0n) is 17.9. The summed E-state index contributed by atoms with van der Waals surface area (Å²) in [5.74, 6) is -0.971. The van der Waals surface area contributed by atoms with E-state index in [2.05, 4.69) is 0 Å². The summed E-state index contributed by atoms with van der Waals surface area (Å²) in [5.41, 5.74) is 1.19. The van der Waals surface area contributed by atoms with Gasteiger partial charge in [-0.25, -0.2) is 0 Å². The molecule has 7 heteroatoms. The molecule has 1 N–H and O–H groups in total. The number of hydrogen-bond donors (Lipinski definition) is 1. The molecule has 1 aromatic heterocycles. The average molecular weight is 454 g/mol. The van der Waals surface area contributed by atoms with Crippen molar-refractivity contribution in [3.63, 3.8) is 0 Å². The van der Waals surface area contributed by atoms with E-state index in [1.807, 2.05) is 32.0 Å². The molecule has 1 amide bonds. The molecule has 2 aromatic carbocycles. The summed E-state index contributed by atoms with van der Waals surface area (Å²) in [5, 5.41) is 11.9. The molecule has 1 unspecified atom stereocenters. The van der Waals surface area contributed by atoms with Crippen molar-refractivity contribution in [1.29, 1.82) is 0 Å². The summed E-state index contributed by atoms with van der Waals surface area (Å²) in [6, 6.07) is 13.2. The quantitative estimate of drug-likeness (QED) is 0.432. The van der Waals surface area contributed by atoms with Gasteiger partial charge in [0.2, 0.25) is 5.78 Å². The van der Waals surface area contributed by atoms with Crippen molar-refractivity contribution >= 4 is 34.3 Å². The molecular weight excluding hydrogens is 430 g/mol. The predicted molar refractivity (Wildman–Crippen MR) is 122 cm³/mol. The van der Waals surface area contributed by atoms with Crippen LogP contribution >= 0.6 is 11.6 Å². The summed E-state index contributed by atoms with van der Waals surface area (Å²) in [6.45, 7) is 4.89. The second-order valence-electron chi connectivity index (χ2n) is 7.71. The minimum Gasteiger partial charge on any atom is -0.503 e. The fourth-order valence-electron chi connectivity index (χ4n) is 3.96. The van der Waals surface area contributed by atoms with Gasteiger partial charge in [-0.15, -0.1) is 0 Å². The van der Waals surface area contributed by atoms with Crippen LogP contribution in [0.15, 0.2) is 64.3 Å². The van der Waals surface area contributed by atoms with Crippen LogP contribution in [-0.2, 0) is 4.79 Å². The lowest BCUT2D eigenvalue weighted by Gasteiger charge is -2.26. The first-order chi connectivity index (χ1) is 15.4. The van der Waals surface area contributed by atoms with Crippen molar-refractivity contribution in [3.05, 3.63) is 76.2 Å². The zero-order chi connectivity index (χ0) is 22.8. The summed E-state index contributed by atoms with van der Waals surface area (Å²) in [6.07, 6.45) is 1.53. The number of aliphatic hydroxyl groups excluding tert-OH is 1. The molecule has 6 nitrogen and oxygen atoms in total. The third kappa shape index (κ3) is 3.98. The van der Waals surface area contributed by atoms with Gasteiger partial charge in [0.1, 0.15) is 11.3 Å². The number of fused-ring (bicyclic) bond motifs is 1. The summed E-state index contributed by atoms with van der Waals surface area (Å²) in [4.78, 5) is 27.9. The normalized spacial score (nSPS) is 16.3. The Bertz CT molecular complexity index is 1210. The minimum atomic E-state index is -0.739. The van der Waals surface area contributed by atoms with Gasteiger partial charge in [-0.3, -0.25) is 9.59 Å². The summed E-state index contributed by atoms with van der Waals surface area (Å²) >= 11 is 6.05. The Morgan fingerprint density at radius 2 is 1.97 bits per heavy atom. The lowest BCUT2D eigenvalue weighted by Crippen LogP contribution is -2.31. The van der Waals surface area contributed by atoms with Crippen molar-refractivity contribution in [3.8, 4) is 5.75 Å². The molecule has 166 valence electrons. The molecule has 0 spiro atoms. The van der Waals surface area contributed by atoms with Gasteiger partial charge in [-0.2, -0.15) is 0 Å². The molecule has 32 heavy (non-hydrogen) atoms. The van der Waals surface area contributed by atoms with Crippen molar-refractivity contribution < 1.29 is 23.8 Å². The molecule has 0 bridgehead atoms. The van der Waals surface area contributed by atoms with E-state index in [0.29, 0.717) is 46.9 Å². The molecule has 1 aliphatic rings. The second-order valence-corrected chi connectivity index (χ2v) is 8.14. The first kappa shape index (κ1) is 22.0. The van der Waals surface area contributed by atoms with Gasteiger partial charge in [-0.1, -0.05) is 37.6 Å². The zero-order valence-corrected chi connectivity index (χ0v) is 18.7. The Kier molecular flexibility index (Phi) is 6.24. The molecule has 4 rings (SSSR count). The first-order valence-corrected chi connectivity index (χ1v) is 11.0. The molecule has 2 heterocycles. The van der Waals surface area contributed by atoms with E-state index in [-0.39, 0.29) is 11.3 Å². The number of Topliss-reactive ketones (excluding diaryl/α,β-unsaturated/α-hetero) is 1. The maximum atomic E-state index is 13.5. The fourth-order valence-corrected chi connectivity index (χ4v) is 4.14. The van der Waals surface area contributed by atoms with Gasteiger partial charge < -0.3 is 19.2 Å². The largest absolute Gasteiger partial charge is 0.503 e. The van der Waals surface area contributed by atoms with Gasteiger partial charge in [0, 0.05) is 17.0 Å². The lowest BCUT2D eigenvalue weighted by atomic mass is 9.94. The van der Waals surface area contributed by atoms with Crippen molar-refractivity contribution in [2.45, 2.75) is 32.7 Å². The average Bonchev–Trinajstić information content (AvgIpc) is 3.32. The summed E-state index contributed by atoms with van der Waals surface area (Å²) in [7, 11) is 0. The number of hydrogen-bond acceptors (Lipinski definition) is 5. The number of carbonyl (C=O) groups is 2. The molecule has 0 aliphatic carbocycles. The molecule has 3 aromatic rings. The molecule has 1 atom stereocenters. The van der Waals surface area contributed by atoms with Crippen LogP contribution in [0, 0.1) is 0 Å². The van der Waals surface area contributed by atoms with Crippen LogP contribution in [0.4, 0.5) is 0 Å². The number of ether oxygens (including phenoxy) is 1. The SMILES string of the molecule is CCCOc1cccc(C2C(C(=O)c3cc4cc(Cl)ccc4o3)=C(O)C(=O)N2CCC)c1. The van der Waals surface area contributed by atoms with Crippen LogP contribution in [0.2, 0.25) is 5.02 Å². The Hall–Kier alpha value is -3.25. The van der Waals surface area contributed by atoms with E-state index in [4.69, 9.17) is 20.8 Å². The maximum Gasteiger partial charge on any atom is 0.290 e. The van der Waals surface area contributed by atoms with Crippen LogP contribution in [0.1, 0.15) is 48.8 Å². The Morgan fingerprint density at radius 3 is 2.72 bits per heavy atom. The molecule has 0 radical (unpaired) electrons. The number of halogens is 1. The maximum absolute atomic E-state index is 13.5. The Balaban J connectivity index is 1.78. The highest BCUT2D eigenvalue weighted by Crippen LogP contribution is 2.40. The predicted octanol–water partition coefficient (Wildman–Crippen LogP) is 5.86. The monoisotopic (exact) mass is 453 g/mol. The van der Waals surface area contributed by atoms with Gasteiger partial charge in [-0.05, 0) is 54.8 Å². The van der Waals surface area contributed by atoms with E-state index in [1.165, 1.54) is 4.90 Å². The smallest absolute Gasteiger partial charge is 0.290 e. The first-order valence-electron chi connectivity index (χ1n) is 10.6. The van der Waals surface area contributed by atoms with E-state index in [9.17, 15) is 14.7 Å². The third-order valence-electron chi connectivity index (χ3n) is 5.36. The highest BCUT2D eigenvalue weighted by Gasteiger charge is 2.44. The molecule has 0 saturated carbocycles. The number of amides is 1. The number of nitrogens with zero attached hydrogens (tertiary/aromatic N) is 1. The Morgan fingerprint density at radius 1 is 1.16 bits per heavy atom. The standard InChI is InChI=1S/C25H24ClNO5/c1-3-10-27-22(15-6-5-7-18(13-15)31-11-4-2)21(24(29)25(27)30)23(28)20-14-16-12-17(26)8-9-19(16)32-20/h5-9,12-14,22,29H,3-4,10-11H2,1-2H3. The number of ketones is 1. The van der Waals surface area contributed by atoms with Gasteiger partial charge in [0.15, 0.2) is 11.5 Å². The number of rotatable bonds is 8. The second kappa shape index (κ2) is 9.09. The molecule has 0 fully saturated rings. The van der Waals surface area contributed by atoms with Crippen LogP contribution in [0.3, 0.4) is 0 Å². The van der Waals surface area contributed by atoms with Crippen LogP contribution in [-0.4, -0.2) is 34.8 Å². The topological polar surface area (TPSA) is 80.0 Å². The Labute approximate surface area is 191 Å². The number of benzene rings is 2. The van der Waals surface area contributed by atoms with Crippen molar-refractivity contribution in [2.75, 3.05) is 13.2 Å². The summed E-state index contributed by atoms with van der Waals surface area (Å²) < 4.78 is 11.5. The van der Waals surface area contributed by atoms with Crippen LogP contribution < -0.4 is 4.74 Å². The van der Waals surface area contributed by atoms with Crippen molar-refractivity contribution in [2.24, 2.45) is 0 Å². The van der Waals surface area contributed by atoms with E-state index in [0.717, 1.165) is 6.42 Å². The number of furan rings is 1. The number of carbonyl (C=O) groups excluding carboxylic acids is 2. The van der Waals surface area contributed by atoms with Crippen LogP contribution in [0.5, 0.6) is 5.75 Å². The molecule has 0 saturated heterocycles. The van der Waals surface area contributed by atoms with Gasteiger partial charge >= 0.3 is 0 Å². The fraction of sp³-hybridized carbons (Fsp3) is 0.280. The van der Waals surface area contributed by atoms with E-state index < -0.39 is 23.5 Å². The van der Waals surface area contributed by atoms with Crippen molar-refractivity contribution in [1.82, 2.24) is 4.90 Å². The molecule has 1 aliphatic heterocycles. The molecular formula is C25H24ClNO5. The highest BCUT2D eigenvalue weighted by atomic mass is 35.5. The van der Waals surface area contributed by atoms with E-state index >= 15 is 0 Å². The van der Waals surface area contributed by atoms with Gasteiger partial charge in [0.25, 0.3) is 5.91 Å². The van der Waals surface area contributed by atoms with Crippen LogP contribution in [0.25, 0.3) is 11.0 Å². The minimum absolute atomic E-state index is 0.00115. The third-order valence-corrected chi connectivity index (χ3v) is 5.60. The number of aliphatic hydroxyl groups is 1. The van der Waals surface area contributed by atoms with E-state index in [1.54, 1.807) is 30.3 Å². The lowest BCUT2D eigenvalue weighted by molar-refractivity contribution is -0.129. The van der Waals surface area contributed by atoms with Gasteiger partial charge in [0.05, 0.1) is 18.2 Å².